The van der Waals surface area contributed by atoms with E-state index in [-0.39, 0.29) is 12.2 Å². The average Bonchev–Trinajstić information content (AvgIpc) is 3.01. The van der Waals surface area contributed by atoms with Crippen LogP contribution < -0.4 is 5.32 Å². The molecule has 1 fully saturated rings. The lowest BCUT2D eigenvalue weighted by Crippen LogP contribution is -2.43. The van der Waals surface area contributed by atoms with Crippen LogP contribution >= 0.6 is 0 Å². The Bertz CT molecular complexity index is 528. The number of carbonyl (C=O) groups is 1. The number of ether oxygens (including phenoxy) is 2. The standard InChI is InChI=1S/C19H33N3O3/c1-5-21-11-6-7-16(21)15-20-10-14-24-17-8-12-22(13-9-17)18(23)25-19(2,3)4/h6-7,11,17,20H,5,8-10,12-15H2,1-4H3. The van der Waals surface area contributed by atoms with Crippen molar-refractivity contribution in [2.45, 2.75) is 65.3 Å². The van der Waals surface area contributed by atoms with Crippen molar-refractivity contribution in [3.8, 4) is 0 Å². The predicted molar refractivity (Wildman–Crippen MR) is 98.6 cm³/mol. The van der Waals surface area contributed by atoms with Gasteiger partial charge in [-0.25, -0.2) is 4.79 Å². The minimum Gasteiger partial charge on any atom is -0.444 e. The summed E-state index contributed by atoms with van der Waals surface area (Å²) in [6.07, 6.45) is 3.87. The summed E-state index contributed by atoms with van der Waals surface area (Å²) < 4.78 is 13.6. The van der Waals surface area contributed by atoms with Gasteiger partial charge < -0.3 is 24.3 Å². The molecule has 142 valence electrons. The van der Waals surface area contributed by atoms with Gasteiger partial charge in [-0.15, -0.1) is 0 Å². The van der Waals surface area contributed by atoms with Crippen molar-refractivity contribution < 1.29 is 14.3 Å². The zero-order valence-corrected chi connectivity index (χ0v) is 16.1. The first kappa shape index (κ1) is 19.8. The molecule has 0 aromatic carbocycles. The van der Waals surface area contributed by atoms with E-state index in [2.05, 4.69) is 35.1 Å². The number of hydrogen-bond donors (Lipinski definition) is 1. The molecular formula is C19H33N3O3. The largest absolute Gasteiger partial charge is 0.444 e. The third-order valence-corrected chi connectivity index (χ3v) is 4.30. The van der Waals surface area contributed by atoms with Gasteiger partial charge in [0.1, 0.15) is 5.60 Å². The van der Waals surface area contributed by atoms with Gasteiger partial charge in [-0.2, -0.15) is 0 Å². The average molecular weight is 351 g/mol. The van der Waals surface area contributed by atoms with E-state index in [0.717, 1.165) is 32.5 Å². The summed E-state index contributed by atoms with van der Waals surface area (Å²) in [5, 5.41) is 3.42. The Labute approximate surface area is 151 Å². The number of rotatable bonds is 7. The molecule has 0 atom stereocenters. The third kappa shape index (κ3) is 6.71. The fourth-order valence-electron chi connectivity index (χ4n) is 2.96. The maximum absolute atomic E-state index is 12.0. The van der Waals surface area contributed by atoms with Crippen molar-refractivity contribution >= 4 is 6.09 Å². The second kappa shape index (κ2) is 9.25. The van der Waals surface area contributed by atoms with Gasteiger partial charge in [-0.3, -0.25) is 0 Å². The van der Waals surface area contributed by atoms with Crippen molar-refractivity contribution in [2.24, 2.45) is 0 Å². The van der Waals surface area contributed by atoms with Crippen LogP contribution in [0.15, 0.2) is 18.3 Å². The van der Waals surface area contributed by atoms with Crippen molar-refractivity contribution in [3.05, 3.63) is 24.0 Å². The SMILES string of the molecule is CCn1cccc1CNCCOC1CCN(C(=O)OC(C)(C)C)CC1. The van der Waals surface area contributed by atoms with Crippen molar-refractivity contribution in [1.29, 1.82) is 0 Å². The second-order valence-corrected chi connectivity index (χ2v) is 7.50. The molecule has 1 saturated heterocycles. The van der Waals surface area contributed by atoms with E-state index in [1.165, 1.54) is 5.69 Å². The quantitative estimate of drug-likeness (QED) is 0.767. The smallest absolute Gasteiger partial charge is 0.410 e. The van der Waals surface area contributed by atoms with E-state index < -0.39 is 5.60 Å². The molecule has 0 radical (unpaired) electrons. The zero-order chi connectivity index (χ0) is 18.3. The molecule has 25 heavy (non-hydrogen) atoms. The minimum atomic E-state index is -0.437. The Morgan fingerprint density at radius 1 is 1.32 bits per heavy atom. The molecule has 1 aromatic rings. The van der Waals surface area contributed by atoms with Crippen LogP contribution in [0.25, 0.3) is 0 Å². The highest BCUT2D eigenvalue weighted by molar-refractivity contribution is 5.68. The van der Waals surface area contributed by atoms with E-state index in [0.29, 0.717) is 19.7 Å². The van der Waals surface area contributed by atoms with Crippen molar-refractivity contribution in [2.75, 3.05) is 26.2 Å². The first-order valence-electron chi connectivity index (χ1n) is 9.33. The van der Waals surface area contributed by atoms with Gasteiger partial charge in [0.05, 0.1) is 12.7 Å². The molecule has 1 N–H and O–H groups in total. The number of amides is 1. The fraction of sp³-hybridized carbons (Fsp3) is 0.737. The first-order chi connectivity index (χ1) is 11.9. The zero-order valence-electron chi connectivity index (χ0n) is 16.1. The van der Waals surface area contributed by atoms with Gasteiger partial charge >= 0.3 is 6.09 Å². The van der Waals surface area contributed by atoms with Gasteiger partial charge in [0.15, 0.2) is 0 Å². The molecule has 2 rings (SSSR count). The maximum atomic E-state index is 12.0. The molecular weight excluding hydrogens is 318 g/mol. The van der Waals surface area contributed by atoms with Gasteiger partial charge in [0.25, 0.3) is 0 Å². The molecule has 0 bridgehead atoms. The number of piperidine rings is 1. The van der Waals surface area contributed by atoms with Gasteiger partial charge in [-0.05, 0) is 52.7 Å². The molecule has 0 spiro atoms. The molecule has 0 aliphatic carbocycles. The van der Waals surface area contributed by atoms with Crippen molar-refractivity contribution in [3.63, 3.8) is 0 Å². The summed E-state index contributed by atoms with van der Waals surface area (Å²) in [4.78, 5) is 13.8. The van der Waals surface area contributed by atoms with Crippen LogP contribution in [0, 0.1) is 0 Å². The highest BCUT2D eigenvalue weighted by Gasteiger charge is 2.26. The van der Waals surface area contributed by atoms with Crippen LogP contribution in [-0.2, 0) is 22.6 Å². The number of nitrogens with one attached hydrogen (secondary N) is 1. The molecule has 1 amide bonds. The molecule has 0 saturated carbocycles. The van der Waals surface area contributed by atoms with Crippen molar-refractivity contribution in [1.82, 2.24) is 14.8 Å². The number of aromatic nitrogens is 1. The third-order valence-electron chi connectivity index (χ3n) is 4.30. The fourth-order valence-corrected chi connectivity index (χ4v) is 2.96. The Morgan fingerprint density at radius 2 is 2.04 bits per heavy atom. The monoisotopic (exact) mass is 351 g/mol. The van der Waals surface area contributed by atoms with E-state index in [1.807, 2.05) is 20.8 Å². The van der Waals surface area contributed by atoms with Crippen LogP contribution in [0.2, 0.25) is 0 Å². The van der Waals surface area contributed by atoms with E-state index in [1.54, 1.807) is 4.90 Å². The summed E-state index contributed by atoms with van der Waals surface area (Å²) in [5.41, 5.74) is 0.862. The van der Waals surface area contributed by atoms with E-state index >= 15 is 0 Å². The summed E-state index contributed by atoms with van der Waals surface area (Å²) in [7, 11) is 0. The number of nitrogens with zero attached hydrogens (tertiary/aromatic N) is 2. The lowest BCUT2D eigenvalue weighted by molar-refractivity contribution is -0.0105. The lowest BCUT2D eigenvalue weighted by atomic mass is 10.1. The normalized spacial score (nSPS) is 16.2. The van der Waals surface area contributed by atoms with Crippen LogP contribution in [0.5, 0.6) is 0 Å². The van der Waals surface area contributed by atoms with E-state index in [9.17, 15) is 4.79 Å². The van der Waals surface area contributed by atoms with Gasteiger partial charge in [-0.1, -0.05) is 0 Å². The summed E-state index contributed by atoms with van der Waals surface area (Å²) in [5.74, 6) is 0. The first-order valence-corrected chi connectivity index (χ1v) is 9.33. The Kier molecular flexibility index (Phi) is 7.32. The number of likely N-dealkylation sites (tertiary alicyclic amines) is 1. The van der Waals surface area contributed by atoms with E-state index in [4.69, 9.17) is 9.47 Å². The Morgan fingerprint density at radius 3 is 2.68 bits per heavy atom. The van der Waals surface area contributed by atoms with Crippen LogP contribution in [0.1, 0.15) is 46.2 Å². The predicted octanol–water partition coefficient (Wildman–Crippen LogP) is 3.01. The van der Waals surface area contributed by atoms with Gasteiger partial charge in [0.2, 0.25) is 0 Å². The summed E-state index contributed by atoms with van der Waals surface area (Å²) >= 11 is 0. The molecule has 6 nitrogen and oxygen atoms in total. The minimum absolute atomic E-state index is 0.216. The topological polar surface area (TPSA) is 55.7 Å². The lowest BCUT2D eigenvalue weighted by Gasteiger charge is -2.33. The highest BCUT2D eigenvalue weighted by atomic mass is 16.6. The maximum Gasteiger partial charge on any atom is 0.410 e. The van der Waals surface area contributed by atoms with Crippen LogP contribution in [-0.4, -0.2) is 53.5 Å². The second-order valence-electron chi connectivity index (χ2n) is 7.50. The van der Waals surface area contributed by atoms with Crippen LogP contribution in [0.4, 0.5) is 4.79 Å². The number of aryl methyl sites for hydroxylation is 1. The highest BCUT2D eigenvalue weighted by Crippen LogP contribution is 2.17. The molecule has 1 aliphatic heterocycles. The molecule has 6 heteroatoms. The summed E-state index contributed by atoms with van der Waals surface area (Å²) in [6, 6.07) is 4.22. The summed E-state index contributed by atoms with van der Waals surface area (Å²) in [6.45, 7) is 12.6. The molecule has 2 heterocycles. The van der Waals surface area contributed by atoms with Crippen LogP contribution in [0.3, 0.4) is 0 Å². The number of hydrogen-bond acceptors (Lipinski definition) is 4. The Hall–Kier alpha value is -1.53. The molecule has 1 aromatic heterocycles. The Balaban J connectivity index is 1.57. The molecule has 0 unspecified atom stereocenters. The van der Waals surface area contributed by atoms with Gasteiger partial charge in [0, 0.05) is 44.6 Å². The molecule has 1 aliphatic rings. The number of carbonyl (C=O) groups excluding carboxylic acids is 1.